The van der Waals surface area contributed by atoms with Crippen LogP contribution in [0.4, 0.5) is 11.8 Å². The van der Waals surface area contributed by atoms with Crippen LogP contribution in [-0.2, 0) is 0 Å². The van der Waals surface area contributed by atoms with Gasteiger partial charge in [-0.2, -0.15) is 4.98 Å². The molecule has 1 aromatic heterocycles. The quantitative estimate of drug-likeness (QED) is 0.886. The molecule has 1 aliphatic heterocycles. The van der Waals surface area contributed by atoms with E-state index in [0.717, 1.165) is 16.8 Å². The number of aromatic nitrogens is 2. The van der Waals surface area contributed by atoms with E-state index < -0.39 is 0 Å². The van der Waals surface area contributed by atoms with Crippen LogP contribution in [0.1, 0.15) is 19.8 Å². The first kappa shape index (κ1) is 12.6. The van der Waals surface area contributed by atoms with Crippen LogP contribution in [0.5, 0.6) is 0 Å². The van der Waals surface area contributed by atoms with Crippen molar-refractivity contribution in [3.05, 3.63) is 10.7 Å². The number of nitrogen functional groups attached to an aromatic ring is 1. The van der Waals surface area contributed by atoms with Gasteiger partial charge in [0, 0.05) is 18.8 Å². The van der Waals surface area contributed by atoms with Crippen LogP contribution in [0.3, 0.4) is 0 Å². The molecule has 1 saturated heterocycles. The van der Waals surface area contributed by atoms with Gasteiger partial charge < -0.3 is 11.1 Å². The minimum absolute atomic E-state index is 0.296. The van der Waals surface area contributed by atoms with Crippen molar-refractivity contribution in [3.8, 4) is 0 Å². The molecule has 5 nitrogen and oxygen atoms in total. The molecule has 1 atom stereocenters. The Morgan fingerprint density at radius 3 is 2.94 bits per heavy atom. The van der Waals surface area contributed by atoms with Gasteiger partial charge in [0.05, 0.1) is 4.47 Å². The van der Waals surface area contributed by atoms with E-state index in [9.17, 15) is 0 Å². The minimum Gasteiger partial charge on any atom is -0.368 e. The second-order valence-corrected chi connectivity index (χ2v) is 5.25. The number of hydrogen-bond acceptors (Lipinski definition) is 5. The Labute approximate surface area is 110 Å². The molecule has 2 rings (SSSR count). The zero-order valence-electron chi connectivity index (χ0n) is 9.99. The third-order valence-corrected chi connectivity index (χ3v) is 3.67. The predicted octanol–water partition coefficient (Wildman–Crippen LogP) is 1.72. The lowest BCUT2D eigenvalue weighted by Gasteiger charge is -2.24. The molecule has 0 spiro atoms. The smallest absolute Gasteiger partial charge is 0.221 e. The van der Waals surface area contributed by atoms with Gasteiger partial charge >= 0.3 is 0 Å². The molecular formula is C11H18BrN5. The molecule has 0 aliphatic carbocycles. The van der Waals surface area contributed by atoms with Gasteiger partial charge in [0.1, 0.15) is 5.82 Å². The first-order valence-electron chi connectivity index (χ1n) is 5.93. The summed E-state index contributed by atoms with van der Waals surface area (Å²) in [5.74, 6) is 1.06. The Kier molecular flexibility index (Phi) is 4.17. The number of anilines is 2. The summed E-state index contributed by atoms with van der Waals surface area (Å²) in [5.41, 5.74) is 5.56. The highest BCUT2D eigenvalue weighted by Crippen LogP contribution is 2.19. The molecule has 3 N–H and O–H groups in total. The van der Waals surface area contributed by atoms with Gasteiger partial charge in [0.25, 0.3) is 0 Å². The monoisotopic (exact) mass is 299 g/mol. The van der Waals surface area contributed by atoms with Gasteiger partial charge in [-0.1, -0.05) is 0 Å². The van der Waals surface area contributed by atoms with Gasteiger partial charge in [-0.3, -0.25) is 4.90 Å². The first-order valence-corrected chi connectivity index (χ1v) is 6.72. The van der Waals surface area contributed by atoms with Crippen molar-refractivity contribution in [1.29, 1.82) is 0 Å². The number of rotatable bonds is 4. The molecule has 0 saturated carbocycles. The third-order valence-electron chi connectivity index (χ3n) is 3.09. The molecule has 1 aliphatic rings. The molecule has 6 heteroatoms. The van der Waals surface area contributed by atoms with Gasteiger partial charge in [-0.15, -0.1) is 0 Å². The van der Waals surface area contributed by atoms with Crippen LogP contribution >= 0.6 is 15.9 Å². The zero-order valence-corrected chi connectivity index (χ0v) is 11.6. The van der Waals surface area contributed by atoms with E-state index in [1.165, 1.54) is 25.9 Å². The van der Waals surface area contributed by atoms with Gasteiger partial charge in [0.2, 0.25) is 5.95 Å². The number of nitrogens with two attached hydrogens (primary N) is 1. The van der Waals surface area contributed by atoms with E-state index in [0.29, 0.717) is 12.0 Å². The maximum Gasteiger partial charge on any atom is 0.221 e. The van der Waals surface area contributed by atoms with Gasteiger partial charge in [0.15, 0.2) is 0 Å². The summed E-state index contributed by atoms with van der Waals surface area (Å²) >= 11 is 3.41. The van der Waals surface area contributed by atoms with E-state index in [4.69, 9.17) is 5.73 Å². The number of likely N-dealkylation sites (tertiary alicyclic amines) is 1. The Bertz CT molecular complexity index is 378. The highest BCUT2D eigenvalue weighted by atomic mass is 79.9. The average molecular weight is 300 g/mol. The summed E-state index contributed by atoms with van der Waals surface area (Å²) in [7, 11) is 0. The lowest BCUT2D eigenvalue weighted by atomic mass is 10.3. The summed E-state index contributed by atoms with van der Waals surface area (Å²) in [6.07, 6.45) is 4.30. The molecule has 1 aromatic rings. The van der Waals surface area contributed by atoms with Crippen molar-refractivity contribution in [2.24, 2.45) is 0 Å². The lowest BCUT2D eigenvalue weighted by Crippen LogP contribution is -2.35. The van der Waals surface area contributed by atoms with Crippen LogP contribution < -0.4 is 11.1 Å². The van der Waals surface area contributed by atoms with Crippen molar-refractivity contribution in [1.82, 2.24) is 14.9 Å². The molecule has 94 valence electrons. The Morgan fingerprint density at radius 2 is 2.24 bits per heavy atom. The van der Waals surface area contributed by atoms with Crippen molar-refractivity contribution < 1.29 is 0 Å². The topological polar surface area (TPSA) is 67.1 Å². The van der Waals surface area contributed by atoms with Crippen LogP contribution in [-0.4, -0.2) is 40.5 Å². The van der Waals surface area contributed by atoms with Crippen LogP contribution in [0.25, 0.3) is 0 Å². The van der Waals surface area contributed by atoms with Crippen LogP contribution in [0.15, 0.2) is 10.7 Å². The van der Waals surface area contributed by atoms with E-state index >= 15 is 0 Å². The largest absolute Gasteiger partial charge is 0.368 e. The van der Waals surface area contributed by atoms with E-state index in [-0.39, 0.29) is 0 Å². The Hall–Kier alpha value is -0.880. The number of hydrogen-bond donors (Lipinski definition) is 2. The molecule has 0 bridgehead atoms. The molecule has 0 amide bonds. The maximum absolute atomic E-state index is 5.56. The second kappa shape index (κ2) is 5.64. The van der Waals surface area contributed by atoms with Crippen LogP contribution in [0, 0.1) is 0 Å². The molecular weight excluding hydrogens is 282 g/mol. The standard InChI is InChI=1S/C11H18BrN5/c1-8(17-4-2-3-5-17)6-14-10-9(12)7-15-11(13)16-10/h7-8H,2-6H2,1H3,(H3,13,14,15,16). The normalized spacial score (nSPS) is 18.2. The second-order valence-electron chi connectivity index (χ2n) is 4.40. The molecule has 1 unspecified atom stereocenters. The Balaban J connectivity index is 1.90. The SMILES string of the molecule is CC(CNc1nc(N)ncc1Br)N1CCCC1. The molecule has 0 radical (unpaired) electrons. The van der Waals surface area contributed by atoms with Crippen molar-refractivity contribution in [2.45, 2.75) is 25.8 Å². The summed E-state index contributed by atoms with van der Waals surface area (Å²) in [6.45, 7) is 5.51. The summed E-state index contributed by atoms with van der Waals surface area (Å²) in [4.78, 5) is 10.6. The third kappa shape index (κ3) is 3.29. The fourth-order valence-electron chi connectivity index (χ4n) is 2.06. The van der Waals surface area contributed by atoms with Crippen molar-refractivity contribution in [2.75, 3.05) is 30.7 Å². The molecule has 0 aromatic carbocycles. The predicted molar refractivity (Wildman–Crippen MR) is 72.9 cm³/mol. The molecule has 1 fully saturated rings. The summed E-state index contributed by atoms with van der Waals surface area (Å²) in [5, 5.41) is 3.31. The first-order chi connectivity index (χ1) is 8.16. The maximum atomic E-state index is 5.56. The molecule has 2 heterocycles. The van der Waals surface area contributed by atoms with E-state index in [1.54, 1.807) is 6.20 Å². The highest BCUT2D eigenvalue weighted by molar-refractivity contribution is 9.10. The highest BCUT2D eigenvalue weighted by Gasteiger charge is 2.18. The average Bonchev–Trinajstić information content (AvgIpc) is 2.83. The number of nitrogens with zero attached hydrogens (tertiary/aromatic N) is 3. The zero-order chi connectivity index (χ0) is 12.3. The van der Waals surface area contributed by atoms with Crippen molar-refractivity contribution >= 4 is 27.7 Å². The summed E-state index contributed by atoms with van der Waals surface area (Å²) in [6, 6.07) is 0.514. The Morgan fingerprint density at radius 1 is 1.53 bits per heavy atom. The fourth-order valence-corrected chi connectivity index (χ4v) is 2.39. The number of nitrogens with one attached hydrogen (secondary N) is 1. The minimum atomic E-state index is 0.296. The fraction of sp³-hybridized carbons (Fsp3) is 0.636. The van der Waals surface area contributed by atoms with Gasteiger partial charge in [-0.25, -0.2) is 4.98 Å². The molecule has 17 heavy (non-hydrogen) atoms. The van der Waals surface area contributed by atoms with Crippen molar-refractivity contribution in [3.63, 3.8) is 0 Å². The lowest BCUT2D eigenvalue weighted by molar-refractivity contribution is 0.269. The van der Waals surface area contributed by atoms with Gasteiger partial charge in [-0.05, 0) is 48.8 Å². The summed E-state index contributed by atoms with van der Waals surface area (Å²) < 4.78 is 0.848. The van der Waals surface area contributed by atoms with E-state index in [2.05, 4.69) is 43.0 Å². The number of halogens is 1. The van der Waals surface area contributed by atoms with Crippen LogP contribution in [0.2, 0.25) is 0 Å². The van der Waals surface area contributed by atoms with E-state index in [1.807, 2.05) is 0 Å².